The van der Waals surface area contributed by atoms with Crippen LogP contribution >= 0.6 is 11.6 Å². The van der Waals surface area contributed by atoms with Crippen molar-refractivity contribution in [2.45, 2.75) is 0 Å². The van der Waals surface area contributed by atoms with Crippen molar-refractivity contribution in [2.75, 3.05) is 0 Å². The zero-order valence-corrected chi connectivity index (χ0v) is 8.59. The summed E-state index contributed by atoms with van der Waals surface area (Å²) in [5, 5.41) is 8.59. The van der Waals surface area contributed by atoms with Gasteiger partial charge in [-0.25, -0.2) is 4.98 Å². The minimum atomic E-state index is 0.545. The van der Waals surface area contributed by atoms with Crippen LogP contribution in [0.15, 0.2) is 58.9 Å². The quantitative estimate of drug-likeness (QED) is 0.697. The number of benzene rings is 1. The molecule has 1 aromatic carbocycles. The van der Waals surface area contributed by atoms with Gasteiger partial charge in [0.15, 0.2) is 5.82 Å². The summed E-state index contributed by atoms with van der Waals surface area (Å²) >= 11 is 5.69. The average Bonchev–Trinajstić information content (AvgIpc) is 2.30. The Bertz CT molecular complexity index is 451. The molecule has 0 unspecified atom stereocenters. The molecule has 0 fully saturated rings. The normalized spacial score (nSPS) is 10.7. The van der Waals surface area contributed by atoms with E-state index in [1.54, 1.807) is 18.3 Å². The third-order valence-corrected chi connectivity index (χ3v) is 1.96. The minimum absolute atomic E-state index is 0.545. The highest BCUT2D eigenvalue weighted by atomic mass is 35.5. The van der Waals surface area contributed by atoms with Crippen LogP contribution in [0.25, 0.3) is 0 Å². The predicted octanol–water partition coefficient (Wildman–Crippen LogP) is 4.15. The second-order valence-corrected chi connectivity index (χ2v) is 3.31. The van der Waals surface area contributed by atoms with E-state index in [0.717, 1.165) is 5.69 Å². The van der Waals surface area contributed by atoms with Crippen molar-refractivity contribution in [1.29, 1.82) is 0 Å². The van der Waals surface area contributed by atoms with Gasteiger partial charge in [-0.15, -0.1) is 10.2 Å². The number of nitrogens with zero attached hydrogens (tertiary/aromatic N) is 3. The molecule has 0 saturated carbocycles. The van der Waals surface area contributed by atoms with Crippen LogP contribution in [-0.2, 0) is 0 Å². The summed E-state index contributed by atoms with van der Waals surface area (Å²) < 4.78 is 0. The fourth-order valence-electron chi connectivity index (χ4n) is 1.03. The second-order valence-electron chi connectivity index (χ2n) is 2.87. The lowest BCUT2D eigenvalue weighted by Crippen LogP contribution is -1.71. The van der Waals surface area contributed by atoms with E-state index in [4.69, 9.17) is 11.6 Å². The summed E-state index contributed by atoms with van der Waals surface area (Å²) in [6.07, 6.45) is 1.54. The van der Waals surface area contributed by atoms with Crippen molar-refractivity contribution >= 4 is 23.1 Å². The zero-order valence-electron chi connectivity index (χ0n) is 7.84. The topological polar surface area (TPSA) is 37.6 Å². The van der Waals surface area contributed by atoms with Crippen molar-refractivity contribution < 1.29 is 0 Å². The molecule has 0 aliphatic heterocycles. The summed E-state index contributed by atoms with van der Waals surface area (Å²) in [6.45, 7) is 0. The number of hydrogen-bond donors (Lipinski definition) is 0. The Kier molecular flexibility index (Phi) is 3.05. The molecule has 4 heteroatoms. The third-order valence-electron chi connectivity index (χ3n) is 1.74. The Labute approximate surface area is 92.5 Å². The van der Waals surface area contributed by atoms with Crippen LogP contribution in [0.5, 0.6) is 0 Å². The number of rotatable bonds is 2. The molecule has 3 nitrogen and oxygen atoms in total. The van der Waals surface area contributed by atoms with E-state index in [1.807, 2.05) is 30.3 Å². The van der Waals surface area contributed by atoms with Gasteiger partial charge >= 0.3 is 0 Å². The van der Waals surface area contributed by atoms with E-state index >= 15 is 0 Å². The molecule has 0 amide bonds. The third kappa shape index (κ3) is 2.86. The van der Waals surface area contributed by atoms with E-state index in [2.05, 4.69) is 15.2 Å². The van der Waals surface area contributed by atoms with Gasteiger partial charge in [0.25, 0.3) is 0 Å². The van der Waals surface area contributed by atoms with Gasteiger partial charge in [0, 0.05) is 6.20 Å². The highest BCUT2D eigenvalue weighted by molar-refractivity contribution is 6.30. The zero-order chi connectivity index (χ0) is 10.5. The maximum absolute atomic E-state index is 5.69. The van der Waals surface area contributed by atoms with Gasteiger partial charge in [-0.05, 0) is 24.3 Å². The van der Waals surface area contributed by atoms with Gasteiger partial charge < -0.3 is 0 Å². The van der Waals surface area contributed by atoms with Crippen LogP contribution in [0.2, 0.25) is 5.02 Å². The fraction of sp³-hybridized carbons (Fsp3) is 0. The van der Waals surface area contributed by atoms with E-state index in [1.165, 1.54) is 0 Å². The molecule has 0 spiro atoms. The van der Waals surface area contributed by atoms with Gasteiger partial charge in [0.2, 0.25) is 0 Å². The highest BCUT2D eigenvalue weighted by Crippen LogP contribution is 2.16. The first-order valence-electron chi connectivity index (χ1n) is 4.43. The van der Waals surface area contributed by atoms with E-state index < -0.39 is 0 Å². The molecule has 0 atom stereocenters. The Hall–Kier alpha value is -1.74. The fourth-order valence-corrected chi connectivity index (χ4v) is 1.14. The SMILES string of the molecule is Clc1ccc(N=Nc2ccccc2)nc1. The number of halogens is 1. The molecule has 0 aliphatic rings. The van der Waals surface area contributed by atoms with E-state index in [9.17, 15) is 0 Å². The van der Waals surface area contributed by atoms with Gasteiger partial charge in [-0.2, -0.15) is 0 Å². The molecule has 0 saturated heterocycles. The molecule has 1 heterocycles. The molecule has 0 radical (unpaired) electrons. The van der Waals surface area contributed by atoms with Crippen LogP contribution in [0.3, 0.4) is 0 Å². The molecule has 0 N–H and O–H groups in total. The lowest BCUT2D eigenvalue weighted by Gasteiger charge is -1.92. The largest absolute Gasteiger partial charge is 0.234 e. The lowest BCUT2D eigenvalue weighted by molar-refractivity contribution is 1.15. The van der Waals surface area contributed by atoms with Crippen molar-refractivity contribution in [2.24, 2.45) is 10.2 Å². The first kappa shape index (κ1) is 9.80. The summed E-state index contributed by atoms with van der Waals surface area (Å²) in [5.41, 5.74) is 0.800. The molecular formula is C11H8ClN3. The standard InChI is InChI=1S/C11H8ClN3/c12-9-6-7-11(13-8-9)15-14-10-4-2-1-3-5-10/h1-8H. The van der Waals surface area contributed by atoms with Gasteiger partial charge in [0.05, 0.1) is 10.7 Å². The van der Waals surface area contributed by atoms with Gasteiger partial charge in [-0.3, -0.25) is 0 Å². The second kappa shape index (κ2) is 4.66. The number of azo groups is 1. The molecular weight excluding hydrogens is 210 g/mol. The highest BCUT2D eigenvalue weighted by Gasteiger charge is 1.91. The van der Waals surface area contributed by atoms with Crippen LogP contribution in [0.4, 0.5) is 11.5 Å². The molecule has 15 heavy (non-hydrogen) atoms. The van der Waals surface area contributed by atoms with Crippen molar-refractivity contribution in [3.63, 3.8) is 0 Å². The molecule has 2 aromatic rings. The average molecular weight is 218 g/mol. The minimum Gasteiger partial charge on any atom is -0.234 e. The molecule has 0 aliphatic carbocycles. The predicted molar refractivity (Wildman–Crippen MR) is 59.9 cm³/mol. The first-order chi connectivity index (χ1) is 7.34. The summed E-state index contributed by atoms with van der Waals surface area (Å²) in [7, 11) is 0. The summed E-state index contributed by atoms with van der Waals surface area (Å²) in [5.74, 6) is 0.545. The number of pyridine rings is 1. The smallest absolute Gasteiger partial charge is 0.174 e. The van der Waals surface area contributed by atoms with Crippen LogP contribution in [-0.4, -0.2) is 4.98 Å². The summed E-state index contributed by atoms with van der Waals surface area (Å²) in [6, 6.07) is 12.9. The lowest BCUT2D eigenvalue weighted by atomic mass is 10.3. The first-order valence-corrected chi connectivity index (χ1v) is 4.81. The maximum atomic E-state index is 5.69. The Morgan fingerprint density at radius 1 is 0.933 bits per heavy atom. The van der Waals surface area contributed by atoms with Crippen LogP contribution < -0.4 is 0 Å². The van der Waals surface area contributed by atoms with E-state index in [0.29, 0.717) is 10.8 Å². The van der Waals surface area contributed by atoms with Gasteiger partial charge in [0.1, 0.15) is 0 Å². The maximum Gasteiger partial charge on any atom is 0.174 e. The number of aromatic nitrogens is 1. The van der Waals surface area contributed by atoms with Crippen LogP contribution in [0.1, 0.15) is 0 Å². The summed E-state index contributed by atoms with van der Waals surface area (Å²) in [4.78, 5) is 4.00. The monoisotopic (exact) mass is 217 g/mol. The van der Waals surface area contributed by atoms with Crippen molar-refractivity contribution in [3.05, 3.63) is 53.7 Å². The van der Waals surface area contributed by atoms with Crippen molar-refractivity contribution in [1.82, 2.24) is 4.98 Å². The Balaban J connectivity index is 2.15. The molecule has 0 bridgehead atoms. The Morgan fingerprint density at radius 2 is 1.73 bits per heavy atom. The number of hydrogen-bond acceptors (Lipinski definition) is 3. The van der Waals surface area contributed by atoms with Gasteiger partial charge in [-0.1, -0.05) is 29.8 Å². The van der Waals surface area contributed by atoms with Crippen LogP contribution in [0, 0.1) is 0 Å². The molecule has 2 rings (SSSR count). The Morgan fingerprint density at radius 3 is 2.40 bits per heavy atom. The molecule has 1 aromatic heterocycles. The van der Waals surface area contributed by atoms with E-state index in [-0.39, 0.29) is 0 Å². The molecule has 74 valence electrons. The van der Waals surface area contributed by atoms with Crippen molar-refractivity contribution in [3.8, 4) is 0 Å².